The molecule has 2 rings (SSSR count). The maximum atomic E-state index is 13.6. The third kappa shape index (κ3) is 8.05. The summed E-state index contributed by atoms with van der Waals surface area (Å²) in [4.78, 5) is 39.6. The molecule has 1 heterocycles. The molecule has 1 saturated heterocycles. The molecule has 4 N–H and O–H groups in total. The highest BCUT2D eigenvalue weighted by atomic mass is 35.5. The first-order valence-electron chi connectivity index (χ1n) is 12.8. The van der Waals surface area contributed by atoms with Crippen molar-refractivity contribution >= 4 is 29.5 Å². The number of urea groups is 1. The Morgan fingerprint density at radius 2 is 1.76 bits per heavy atom. The molecule has 38 heavy (non-hydrogen) atoms. The second kappa shape index (κ2) is 12.6. The maximum absolute atomic E-state index is 13.6. The number of piperidine rings is 1. The Balaban J connectivity index is 2.25. The molecule has 214 valence electrons. The minimum atomic E-state index is -1.28. The molecule has 0 spiro atoms. The summed E-state index contributed by atoms with van der Waals surface area (Å²) in [5.74, 6) is -1.20. The zero-order valence-electron chi connectivity index (χ0n) is 23.3. The van der Waals surface area contributed by atoms with Gasteiger partial charge in [0.05, 0.1) is 5.60 Å². The number of nitrogens with one attached hydrogen (secondary N) is 2. The number of nitrogens with zero attached hydrogens (tertiary/aromatic N) is 1. The topological polar surface area (TPSA) is 137 Å². The van der Waals surface area contributed by atoms with E-state index in [1.807, 2.05) is 39.8 Å². The van der Waals surface area contributed by atoms with Crippen LogP contribution in [0.15, 0.2) is 24.3 Å². The van der Waals surface area contributed by atoms with Crippen LogP contribution >= 0.6 is 11.6 Å². The lowest BCUT2D eigenvalue weighted by atomic mass is 9.66. The van der Waals surface area contributed by atoms with E-state index in [0.29, 0.717) is 24.5 Å². The lowest BCUT2D eigenvalue weighted by Gasteiger charge is -2.53. The molecule has 0 saturated carbocycles. The Morgan fingerprint density at radius 3 is 2.26 bits per heavy atom. The predicted molar refractivity (Wildman–Crippen MR) is 143 cm³/mol. The van der Waals surface area contributed by atoms with Crippen molar-refractivity contribution in [3.05, 3.63) is 34.9 Å². The molecule has 10 nitrogen and oxygen atoms in total. The van der Waals surface area contributed by atoms with Gasteiger partial charge in [-0.05, 0) is 50.8 Å². The van der Waals surface area contributed by atoms with Gasteiger partial charge in [-0.15, -0.1) is 0 Å². The van der Waals surface area contributed by atoms with Crippen molar-refractivity contribution in [3.8, 4) is 0 Å². The van der Waals surface area contributed by atoms with Crippen molar-refractivity contribution in [2.75, 3.05) is 26.4 Å². The minimum absolute atomic E-state index is 0.0369. The molecule has 3 amide bonds. The first kappa shape index (κ1) is 31.8. The smallest absolute Gasteiger partial charge is 0.336 e. The van der Waals surface area contributed by atoms with Crippen molar-refractivity contribution in [3.63, 3.8) is 0 Å². The van der Waals surface area contributed by atoms with Crippen LogP contribution in [0.1, 0.15) is 60.5 Å². The molecule has 11 heteroatoms. The summed E-state index contributed by atoms with van der Waals surface area (Å²) in [6, 6.07) is 5.90. The number of ether oxygens (including phenoxy) is 2. The number of aliphatic hydroxyl groups is 2. The molecule has 0 aromatic heterocycles. The zero-order valence-corrected chi connectivity index (χ0v) is 24.1. The minimum Gasteiger partial charge on any atom is -0.437 e. The third-order valence-corrected chi connectivity index (χ3v) is 7.04. The number of likely N-dealkylation sites (tertiary alicyclic amines) is 1. The predicted octanol–water partition coefficient (Wildman–Crippen LogP) is 2.79. The Morgan fingerprint density at radius 1 is 1.16 bits per heavy atom. The van der Waals surface area contributed by atoms with Gasteiger partial charge in [0.2, 0.25) is 5.91 Å². The van der Waals surface area contributed by atoms with Gasteiger partial charge in [-0.1, -0.05) is 51.4 Å². The molecule has 2 unspecified atom stereocenters. The lowest BCUT2D eigenvalue weighted by molar-refractivity contribution is -0.221. The van der Waals surface area contributed by atoms with E-state index in [0.717, 1.165) is 5.56 Å². The van der Waals surface area contributed by atoms with Crippen LogP contribution in [-0.4, -0.2) is 77.2 Å². The molecule has 1 aliphatic rings. The molecule has 1 aliphatic heterocycles. The van der Waals surface area contributed by atoms with Crippen molar-refractivity contribution < 1.29 is 34.1 Å². The summed E-state index contributed by atoms with van der Waals surface area (Å²) in [7, 11) is 0. The van der Waals surface area contributed by atoms with Crippen LogP contribution in [0.25, 0.3) is 0 Å². The number of hydrogen-bond acceptors (Lipinski definition) is 7. The summed E-state index contributed by atoms with van der Waals surface area (Å²) in [5.41, 5.74) is -1.86. The maximum Gasteiger partial charge on any atom is 0.336 e. The molecule has 0 aliphatic carbocycles. The summed E-state index contributed by atoms with van der Waals surface area (Å²) < 4.78 is 11.4. The van der Waals surface area contributed by atoms with E-state index in [-0.39, 0.29) is 25.2 Å². The van der Waals surface area contributed by atoms with E-state index in [2.05, 4.69) is 10.6 Å². The lowest BCUT2D eigenvalue weighted by Crippen LogP contribution is -2.62. The number of esters is 1. The van der Waals surface area contributed by atoms with Gasteiger partial charge in [-0.2, -0.15) is 0 Å². The number of amides is 3. The van der Waals surface area contributed by atoms with Crippen molar-refractivity contribution in [2.24, 2.45) is 11.3 Å². The summed E-state index contributed by atoms with van der Waals surface area (Å²) >= 11 is 6.12. The SMILES string of the molecule is CC(O)C(=O)OCO[C@]1(c2ccc(Cl)cc2)CCN(C(=O)C(NC(=O)NCC(C)(C)O)C(C)C)CC1(C)C. The monoisotopic (exact) mass is 555 g/mol. The van der Waals surface area contributed by atoms with Crippen molar-refractivity contribution in [1.82, 2.24) is 15.5 Å². The molecular weight excluding hydrogens is 514 g/mol. The van der Waals surface area contributed by atoms with Crippen LogP contribution in [-0.2, 0) is 24.7 Å². The van der Waals surface area contributed by atoms with Crippen molar-refractivity contribution in [1.29, 1.82) is 0 Å². The normalized spacial score (nSPS) is 21.0. The molecule has 1 aromatic rings. The van der Waals surface area contributed by atoms with Gasteiger partial charge in [0, 0.05) is 30.1 Å². The number of carbonyl (C=O) groups is 3. The average molecular weight is 556 g/mol. The van der Waals surface area contributed by atoms with Gasteiger partial charge in [0.25, 0.3) is 0 Å². The Labute approximate surface area is 230 Å². The number of halogens is 1. The first-order valence-corrected chi connectivity index (χ1v) is 13.2. The van der Waals surface area contributed by atoms with Crippen LogP contribution in [0.5, 0.6) is 0 Å². The van der Waals surface area contributed by atoms with Crippen LogP contribution < -0.4 is 10.6 Å². The second-order valence-corrected chi connectivity index (χ2v) is 11.9. The average Bonchev–Trinajstić information content (AvgIpc) is 2.81. The zero-order chi connectivity index (χ0) is 28.9. The highest BCUT2D eigenvalue weighted by Crippen LogP contribution is 2.49. The number of aliphatic hydroxyl groups excluding tert-OH is 1. The molecule has 0 bridgehead atoms. The van der Waals surface area contributed by atoms with Gasteiger partial charge < -0.3 is 35.2 Å². The molecule has 3 atom stereocenters. The largest absolute Gasteiger partial charge is 0.437 e. The molecule has 1 fully saturated rings. The van der Waals surface area contributed by atoms with Crippen LogP contribution in [0, 0.1) is 11.3 Å². The molecule has 1 aromatic carbocycles. The molecular formula is C27H42ClN3O7. The highest BCUT2D eigenvalue weighted by Gasteiger charge is 2.53. The van der Waals surface area contributed by atoms with Gasteiger partial charge in [-0.25, -0.2) is 9.59 Å². The first-order chi connectivity index (χ1) is 17.5. The summed E-state index contributed by atoms with van der Waals surface area (Å²) in [6.45, 7) is 12.4. The Bertz CT molecular complexity index is 976. The van der Waals surface area contributed by atoms with Crippen LogP contribution in [0.2, 0.25) is 5.02 Å². The quantitative estimate of drug-likeness (QED) is 0.257. The van der Waals surface area contributed by atoms with Gasteiger partial charge >= 0.3 is 12.0 Å². The fourth-order valence-corrected chi connectivity index (χ4v) is 4.74. The van der Waals surface area contributed by atoms with E-state index < -0.39 is 40.8 Å². The van der Waals surface area contributed by atoms with Crippen LogP contribution in [0.4, 0.5) is 4.79 Å². The summed E-state index contributed by atoms with van der Waals surface area (Å²) in [6.07, 6.45) is -0.895. The Kier molecular flexibility index (Phi) is 10.6. The van der Waals surface area contributed by atoms with Gasteiger partial charge in [0.1, 0.15) is 17.7 Å². The van der Waals surface area contributed by atoms with Gasteiger partial charge in [0.15, 0.2) is 6.79 Å². The van der Waals surface area contributed by atoms with E-state index in [1.54, 1.807) is 30.9 Å². The van der Waals surface area contributed by atoms with E-state index in [4.69, 9.17) is 21.1 Å². The fraction of sp³-hybridized carbons (Fsp3) is 0.667. The Hall–Kier alpha value is -2.40. The van der Waals surface area contributed by atoms with E-state index >= 15 is 0 Å². The fourth-order valence-electron chi connectivity index (χ4n) is 4.62. The standard InChI is InChI=1S/C27H42ClN3O7/c1-17(2)21(30-24(35)29-14-26(6,7)36)22(33)31-13-12-27(25(4,5)15-31,19-8-10-20(28)11-9-19)38-16-37-23(34)18(3)32/h8-11,17-18,21,32,36H,12-16H2,1-7H3,(H2,29,30,35)/t18?,21?,27-/m0/s1. The van der Waals surface area contributed by atoms with E-state index in [9.17, 15) is 24.6 Å². The second-order valence-electron chi connectivity index (χ2n) is 11.5. The summed E-state index contributed by atoms with van der Waals surface area (Å²) in [5, 5.41) is 25.3. The number of rotatable bonds is 10. The van der Waals surface area contributed by atoms with Gasteiger partial charge in [-0.3, -0.25) is 4.79 Å². The highest BCUT2D eigenvalue weighted by molar-refractivity contribution is 6.30. The molecule has 0 radical (unpaired) electrons. The number of carbonyl (C=O) groups excluding carboxylic acids is 3. The van der Waals surface area contributed by atoms with E-state index in [1.165, 1.54) is 6.92 Å². The number of benzene rings is 1. The third-order valence-electron chi connectivity index (χ3n) is 6.78. The van der Waals surface area contributed by atoms with Crippen molar-refractivity contribution in [2.45, 2.75) is 78.2 Å². The van der Waals surface area contributed by atoms with Crippen LogP contribution in [0.3, 0.4) is 0 Å². The number of hydrogen-bond donors (Lipinski definition) is 4.